The first-order valence-electron chi connectivity index (χ1n) is 9.83. The van der Waals surface area contributed by atoms with Gasteiger partial charge < -0.3 is 25.0 Å². The molecule has 0 saturated carbocycles. The zero-order valence-corrected chi connectivity index (χ0v) is 17.4. The summed E-state index contributed by atoms with van der Waals surface area (Å²) in [6.45, 7) is 8.53. The maximum Gasteiger partial charge on any atom is 0.319 e. The maximum absolute atomic E-state index is 12.5. The van der Waals surface area contributed by atoms with E-state index in [1.54, 1.807) is 0 Å². The molecule has 1 aliphatic rings. The number of carbonyl (C=O) groups excluding carboxylic acids is 1. The summed E-state index contributed by atoms with van der Waals surface area (Å²) in [5, 5.41) is 5.97. The molecule has 1 aromatic rings. The van der Waals surface area contributed by atoms with Gasteiger partial charge in [0, 0.05) is 19.2 Å². The molecular weight excluding hydrogens is 342 g/mol. The average Bonchev–Trinajstić information content (AvgIpc) is 2.60. The second-order valence-electron chi connectivity index (χ2n) is 8.34. The summed E-state index contributed by atoms with van der Waals surface area (Å²) in [7, 11) is 4.08. The van der Waals surface area contributed by atoms with E-state index >= 15 is 0 Å². The van der Waals surface area contributed by atoms with Gasteiger partial charge in [0.05, 0.1) is 11.8 Å². The van der Waals surface area contributed by atoms with E-state index in [1.165, 1.54) is 6.42 Å². The number of urea groups is 1. The van der Waals surface area contributed by atoms with Crippen LogP contribution in [-0.4, -0.2) is 56.9 Å². The molecule has 1 saturated heterocycles. The van der Waals surface area contributed by atoms with E-state index in [1.807, 2.05) is 45.3 Å². The quantitative estimate of drug-likeness (QED) is 0.725. The van der Waals surface area contributed by atoms with Gasteiger partial charge in [0.1, 0.15) is 12.4 Å². The predicted octanol–water partition coefficient (Wildman–Crippen LogP) is 3.73. The molecule has 0 aliphatic carbocycles. The Hall–Kier alpha value is -1.79. The summed E-state index contributed by atoms with van der Waals surface area (Å²) in [5.41, 5.74) is 0.623. The molecule has 2 N–H and O–H groups in total. The van der Waals surface area contributed by atoms with Crippen molar-refractivity contribution >= 4 is 11.7 Å². The number of amides is 2. The lowest BCUT2D eigenvalue weighted by Gasteiger charge is -2.34. The van der Waals surface area contributed by atoms with Gasteiger partial charge in [-0.2, -0.15) is 0 Å². The second-order valence-corrected chi connectivity index (χ2v) is 8.34. The molecule has 0 aromatic heterocycles. The van der Waals surface area contributed by atoms with Crippen molar-refractivity contribution in [3.8, 4) is 5.75 Å². The molecule has 1 aromatic carbocycles. The van der Waals surface area contributed by atoms with Crippen molar-refractivity contribution in [1.82, 2.24) is 10.2 Å². The van der Waals surface area contributed by atoms with Crippen LogP contribution in [0.2, 0.25) is 0 Å². The minimum absolute atomic E-state index is 0.0172. The van der Waals surface area contributed by atoms with Crippen LogP contribution in [0, 0.1) is 5.41 Å². The Morgan fingerprint density at radius 2 is 2.07 bits per heavy atom. The number of hydrogen-bond donors (Lipinski definition) is 2. The smallest absolute Gasteiger partial charge is 0.319 e. The van der Waals surface area contributed by atoms with Crippen molar-refractivity contribution < 1.29 is 14.3 Å². The van der Waals surface area contributed by atoms with Crippen LogP contribution in [0.25, 0.3) is 0 Å². The number of carbonyl (C=O) groups is 1. The molecule has 0 radical (unpaired) electrons. The van der Waals surface area contributed by atoms with Gasteiger partial charge in [-0.3, -0.25) is 0 Å². The number of anilines is 1. The highest BCUT2D eigenvalue weighted by atomic mass is 16.5. The Balaban J connectivity index is 1.91. The summed E-state index contributed by atoms with van der Waals surface area (Å²) in [4.78, 5) is 14.6. The molecule has 2 amide bonds. The van der Waals surface area contributed by atoms with Crippen LogP contribution < -0.4 is 15.4 Å². The second kappa shape index (κ2) is 9.95. The van der Waals surface area contributed by atoms with Crippen LogP contribution in [0.3, 0.4) is 0 Å². The standard InChI is InChI=1S/C21H35N3O3/c1-16(21(2,3)15-24(4)5)22-20(25)23-18-11-6-7-12-19(18)27-14-17-10-8-9-13-26-17/h6-7,11-12,16-17H,8-10,13-15H2,1-5H3,(H2,22,23,25)/t16-,17+/m0/s1. The number of nitrogens with one attached hydrogen (secondary N) is 2. The van der Waals surface area contributed by atoms with Crippen molar-refractivity contribution in [2.45, 2.75) is 52.2 Å². The summed E-state index contributed by atoms with van der Waals surface area (Å²) in [6, 6.07) is 7.31. The monoisotopic (exact) mass is 377 g/mol. The van der Waals surface area contributed by atoms with Crippen molar-refractivity contribution in [2.24, 2.45) is 5.41 Å². The zero-order valence-electron chi connectivity index (χ0n) is 17.4. The van der Waals surface area contributed by atoms with Gasteiger partial charge in [0.15, 0.2) is 0 Å². The van der Waals surface area contributed by atoms with Crippen LogP contribution >= 0.6 is 0 Å². The van der Waals surface area contributed by atoms with E-state index in [0.717, 1.165) is 26.0 Å². The lowest BCUT2D eigenvalue weighted by molar-refractivity contribution is -0.0109. The maximum atomic E-state index is 12.5. The first-order chi connectivity index (χ1) is 12.8. The Morgan fingerprint density at radius 1 is 1.33 bits per heavy atom. The third-order valence-electron chi connectivity index (χ3n) is 5.08. The SMILES string of the molecule is C[C@H](NC(=O)Nc1ccccc1OC[C@H]1CCCCO1)C(C)(C)CN(C)C. The summed E-state index contributed by atoms with van der Waals surface area (Å²) >= 11 is 0. The number of para-hydroxylation sites is 2. The van der Waals surface area contributed by atoms with Gasteiger partial charge >= 0.3 is 6.03 Å². The predicted molar refractivity (Wildman–Crippen MR) is 109 cm³/mol. The number of ether oxygens (including phenoxy) is 2. The molecule has 1 aliphatic heterocycles. The molecule has 1 fully saturated rings. The molecule has 152 valence electrons. The minimum Gasteiger partial charge on any atom is -0.489 e. The Morgan fingerprint density at radius 3 is 2.74 bits per heavy atom. The van der Waals surface area contributed by atoms with Crippen LogP contribution in [-0.2, 0) is 4.74 Å². The number of benzene rings is 1. The highest BCUT2D eigenvalue weighted by Gasteiger charge is 2.28. The van der Waals surface area contributed by atoms with E-state index in [-0.39, 0.29) is 23.6 Å². The van der Waals surface area contributed by atoms with E-state index in [9.17, 15) is 4.79 Å². The number of rotatable bonds is 8. The summed E-state index contributed by atoms with van der Waals surface area (Å²) < 4.78 is 11.6. The fourth-order valence-electron chi connectivity index (χ4n) is 3.32. The molecule has 6 heteroatoms. The Labute approximate surface area is 163 Å². The van der Waals surface area contributed by atoms with Gasteiger partial charge in [0.25, 0.3) is 0 Å². The third kappa shape index (κ3) is 7.03. The molecule has 0 bridgehead atoms. The van der Waals surface area contributed by atoms with Crippen molar-refractivity contribution in [3.63, 3.8) is 0 Å². The highest BCUT2D eigenvalue weighted by Crippen LogP contribution is 2.26. The van der Waals surface area contributed by atoms with E-state index in [2.05, 4.69) is 29.4 Å². The molecule has 2 rings (SSSR count). The van der Waals surface area contributed by atoms with E-state index in [4.69, 9.17) is 9.47 Å². The molecule has 0 spiro atoms. The summed E-state index contributed by atoms with van der Waals surface area (Å²) in [5.74, 6) is 0.669. The molecular formula is C21H35N3O3. The average molecular weight is 378 g/mol. The fraction of sp³-hybridized carbons (Fsp3) is 0.667. The molecule has 0 unspecified atom stereocenters. The lowest BCUT2D eigenvalue weighted by atomic mass is 9.85. The van der Waals surface area contributed by atoms with E-state index < -0.39 is 0 Å². The first-order valence-corrected chi connectivity index (χ1v) is 9.83. The van der Waals surface area contributed by atoms with Crippen LogP contribution in [0.15, 0.2) is 24.3 Å². The van der Waals surface area contributed by atoms with Gasteiger partial charge in [-0.25, -0.2) is 4.79 Å². The zero-order chi connectivity index (χ0) is 19.9. The molecule has 6 nitrogen and oxygen atoms in total. The van der Waals surface area contributed by atoms with Gasteiger partial charge in [-0.1, -0.05) is 26.0 Å². The van der Waals surface area contributed by atoms with Gasteiger partial charge in [-0.05, 0) is 57.8 Å². The van der Waals surface area contributed by atoms with Crippen molar-refractivity contribution in [3.05, 3.63) is 24.3 Å². The van der Waals surface area contributed by atoms with E-state index in [0.29, 0.717) is 18.0 Å². The number of nitrogens with zero attached hydrogens (tertiary/aromatic N) is 1. The van der Waals surface area contributed by atoms with Crippen molar-refractivity contribution in [1.29, 1.82) is 0 Å². The molecule has 27 heavy (non-hydrogen) atoms. The Bertz CT molecular complexity index is 598. The van der Waals surface area contributed by atoms with Gasteiger partial charge in [-0.15, -0.1) is 0 Å². The van der Waals surface area contributed by atoms with Gasteiger partial charge in [0.2, 0.25) is 0 Å². The highest BCUT2D eigenvalue weighted by molar-refractivity contribution is 5.91. The van der Waals surface area contributed by atoms with Crippen molar-refractivity contribution in [2.75, 3.05) is 39.2 Å². The molecule has 2 atom stereocenters. The first kappa shape index (κ1) is 21.5. The topological polar surface area (TPSA) is 62.8 Å². The van der Waals surface area contributed by atoms with Crippen LogP contribution in [0.4, 0.5) is 10.5 Å². The lowest BCUT2D eigenvalue weighted by Crippen LogP contribution is -2.48. The normalized spacial score (nSPS) is 18.8. The minimum atomic E-state index is -0.223. The Kier molecular flexibility index (Phi) is 7.92. The largest absolute Gasteiger partial charge is 0.489 e. The van der Waals surface area contributed by atoms with Crippen LogP contribution in [0.5, 0.6) is 5.75 Å². The van der Waals surface area contributed by atoms with Crippen LogP contribution in [0.1, 0.15) is 40.0 Å². The summed E-state index contributed by atoms with van der Waals surface area (Å²) in [6.07, 6.45) is 3.45. The third-order valence-corrected chi connectivity index (χ3v) is 5.08. The molecule has 1 heterocycles. The number of hydrogen-bond acceptors (Lipinski definition) is 4. The fourth-order valence-corrected chi connectivity index (χ4v) is 3.32.